The van der Waals surface area contributed by atoms with Crippen LogP contribution in [0.2, 0.25) is 5.02 Å². The maximum atomic E-state index is 13.5. The highest BCUT2D eigenvalue weighted by molar-refractivity contribution is 6.30. The Hall–Kier alpha value is -2.78. The molecule has 0 saturated heterocycles. The number of amides is 1. The van der Waals surface area contributed by atoms with Crippen LogP contribution in [-0.2, 0) is 0 Å². The van der Waals surface area contributed by atoms with Crippen molar-refractivity contribution >= 4 is 28.9 Å². The summed E-state index contributed by atoms with van der Waals surface area (Å²) < 4.78 is 0. The second kappa shape index (κ2) is 8.30. The molecular weight excluding hydrogens is 380 g/mol. The van der Waals surface area contributed by atoms with Crippen LogP contribution >= 0.6 is 11.6 Å². The minimum absolute atomic E-state index is 0.0194. The highest BCUT2D eigenvalue weighted by atomic mass is 35.5. The van der Waals surface area contributed by atoms with Gasteiger partial charge in [0.1, 0.15) is 0 Å². The molecule has 3 nitrogen and oxygen atoms in total. The summed E-state index contributed by atoms with van der Waals surface area (Å²) >= 11 is 6.03. The van der Waals surface area contributed by atoms with E-state index in [1.807, 2.05) is 35.2 Å². The molecule has 3 aromatic carbocycles. The van der Waals surface area contributed by atoms with Crippen LogP contribution in [0.5, 0.6) is 0 Å². The summed E-state index contributed by atoms with van der Waals surface area (Å²) in [5.74, 6) is 0.261. The molecule has 1 aliphatic rings. The number of benzene rings is 3. The topological polar surface area (TPSA) is 32.3 Å². The molecule has 0 aromatic heterocycles. The monoisotopic (exact) mass is 404 g/mol. The first kappa shape index (κ1) is 19.5. The highest BCUT2D eigenvalue weighted by Gasteiger charge is 2.40. The van der Waals surface area contributed by atoms with Gasteiger partial charge in [0.05, 0.1) is 6.04 Å². The number of halogens is 1. The van der Waals surface area contributed by atoms with E-state index < -0.39 is 0 Å². The smallest absolute Gasteiger partial charge is 0.258 e. The van der Waals surface area contributed by atoms with Crippen molar-refractivity contribution in [1.82, 2.24) is 0 Å². The van der Waals surface area contributed by atoms with Gasteiger partial charge in [-0.15, -0.1) is 0 Å². The number of para-hydroxylation sites is 2. The maximum Gasteiger partial charge on any atom is 0.258 e. The maximum absolute atomic E-state index is 13.5. The Morgan fingerprint density at radius 3 is 2.31 bits per heavy atom. The quantitative estimate of drug-likeness (QED) is 0.533. The standard InChI is InChI=1S/C25H25ClN2O/c1-3-22-17(2)24(27-20-9-5-4-6-10-20)21-11-7-8-12-23(21)28(22)25(29)18-13-15-19(26)16-14-18/h4-17,22,24,27H,3H2,1-2H3/t17-,22+,24-/m1/s1. The van der Waals surface area contributed by atoms with Crippen molar-refractivity contribution in [2.45, 2.75) is 32.4 Å². The molecule has 0 spiro atoms. The lowest BCUT2D eigenvalue weighted by molar-refractivity contribution is 0.0960. The summed E-state index contributed by atoms with van der Waals surface area (Å²) in [7, 11) is 0. The predicted octanol–water partition coefficient (Wildman–Crippen LogP) is 6.57. The van der Waals surface area contributed by atoms with Crippen molar-refractivity contribution in [2.75, 3.05) is 10.2 Å². The van der Waals surface area contributed by atoms with E-state index in [0.717, 1.165) is 23.4 Å². The van der Waals surface area contributed by atoms with Gasteiger partial charge in [-0.05, 0) is 54.4 Å². The van der Waals surface area contributed by atoms with Crippen molar-refractivity contribution in [3.63, 3.8) is 0 Å². The van der Waals surface area contributed by atoms with Crippen molar-refractivity contribution in [1.29, 1.82) is 0 Å². The number of carbonyl (C=O) groups excluding carboxylic acids is 1. The normalized spacial score (nSPS) is 20.8. The van der Waals surface area contributed by atoms with E-state index in [2.05, 4.69) is 43.4 Å². The second-order valence-electron chi connectivity index (χ2n) is 7.56. The summed E-state index contributed by atoms with van der Waals surface area (Å²) in [6, 6.07) is 25.9. The van der Waals surface area contributed by atoms with Crippen LogP contribution < -0.4 is 10.2 Å². The molecule has 0 aliphatic carbocycles. The Labute approximate surface area is 177 Å². The minimum Gasteiger partial charge on any atom is -0.378 e. The summed E-state index contributed by atoms with van der Waals surface area (Å²) in [6.07, 6.45) is 0.877. The van der Waals surface area contributed by atoms with Gasteiger partial charge in [-0.3, -0.25) is 4.79 Å². The molecular formula is C25H25ClN2O. The van der Waals surface area contributed by atoms with E-state index in [1.54, 1.807) is 24.3 Å². The number of carbonyl (C=O) groups is 1. The molecule has 3 atom stereocenters. The molecule has 0 fully saturated rings. The number of rotatable bonds is 4. The lowest BCUT2D eigenvalue weighted by atomic mass is 9.80. The molecule has 0 bridgehead atoms. The molecule has 3 aromatic rings. The zero-order valence-electron chi connectivity index (χ0n) is 16.7. The Balaban J connectivity index is 1.76. The fraction of sp³-hybridized carbons (Fsp3) is 0.240. The number of fused-ring (bicyclic) bond motifs is 1. The number of hydrogen-bond acceptors (Lipinski definition) is 2. The minimum atomic E-state index is 0.0194. The first-order valence-electron chi connectivity index (χ1n) is 10.1. The van der Waals surface area contributed by atoms with Crippen LogP contribution in [0.3, 0.4) is 0 Å². The number of nitrogens with one attached hydrogen (secondary N) is 1. The van der Waals surface area contributed by atoms with Crippen molar-refractivity contribution < 1.29 is 4.79 Å². The fourth-order valence-electron chi connectivity index (χ4n) is 4.36. The van der Waals surface area contributed by atoms with E-state index in [4.69, 9.17) is 11.6 Å². The van der Waals surface area contributed by atoms with Gasteiger partial charge < -0.3 is 10.2 Å². The molecule has 1 N–H and O–H groups in total. The van der Waals surface area contributed by atoms with Gasteiger partial charge >= 0.3 is 0 Å². The number of nitrogens with zero attached hydrogens (tertiary/aromatic N) is 1. The van der Waals surface area contributed by atoms with Gasteiger partial charge in [-0.25, -0.2) is 0 Å². The lowest BCUT2D eigenvalue weighted by Gasteiger charge is -2.45. The molecule has 1 aliphatic heterocycles. The summed E-state index contributed by atoms with van der Waals surface area (Å²) in [6.45, 7) is 4.38. The van der Waals surface area contributed by atoms with Gasteiger partial charge in [-0.1, -0.05) is 61.8 Å². The number of anilines is 2. The van der Waals surface area contributed by atoms with E-state index >= 15 is 0 Å². The van der Waals surface area contributed by atoms with E-state index in [9.17, 15) is 4.79 Å². The molecule has 4 rings (SSSR count). The average molecular weight is 405 g/mol. The van der Waals surface area contributed by atoms with Gasteiger partial charge in [0.15, 0.2) is 0 Å². The summed E-state index contributed by atoms with van der Waals surface area (Å²) in [5, 5.41) is 4.33. The van der Waals surface area contributed by atoms with E-state index in [-0.39, 0.29) is 23.9 Å². The van der Waals surface area contributed by atoms with Crippen molar-refractivity contribution in [3.05, 3.63) is 95.0 Å². The SMILES string of the molecule is CC[C@H]1[C@@H](C)[C@@H](Nc2ccccc2)c2ccccc2N1C(=O)c1ccc(Cl)cc1. The molecule has 1 amide bonds. The van der Waals surface area contributed by atoms with Crippen molar-refractivity contribution in [2.24, 2.45) is 5.92 Å². The van der Waals surface area contributed by atoms with Crippen LogP contribution in [0.1, 0.15) is 42.2 Å². The second-order valence-corrected chi connectivity index (χ2v) is 8.00. The lowest BCUT2D eigenvalue weighted by Crippen LogP contribution is -2.50. The van der Waals surface area contributed by atoms with Crippen LogP contribution in [0, 0.1) is 5.92 Å². The van der Waals surface area contributed by atoms with Crippen LogP contribution in [0.15, 0.2) is 78.9 Å². The summed E-state index contributed by atoms with van der Waals surface area (Å²) in [4.78, 5) is 15.5. The van der Waals surface area contributed by atoms with E-state index in [1.165, 1.54) is 0 Å². The molecule has 4 heteroatoms. The molecule has 0 unspecified atom stereocenters. The zero-order chi connectivity index (χ0) is 20.4. The molecule has 0 radical (unpaired) electrons. The highest BCUT2D eigenvalue weighted by Crippen LogP contribution is 2.43. The Kier molecular flexibility index (Phi) is 5.59. The first-order valence-corrected chi connectivity index (χ1v) is 10.5. The summed E-state index contributed by atoms with van der Waals surface area (Å²) in [5.41, 5.74) is 3.87. The van der Waals surface area contributed by atoms with Gasteiger partial charge in [0.2, 0.25) is 0 Å². The van der Waals surface area contributed by atoms with E-state index in [0.29, 0.717) is 10.6 Å². The van der Waals surface area contributed by atoms with Gasteiger partial charge in [0.25, 0.3) is 5.91 Å². The fourth-order valence-corrected chi connectivity index (χ4v) is 4.48. The predicted molar refractivity (Wildman–Crippen MR) is 121 cm³/mol. The Bertz CT molecular complexity index is 987. The first-order chi connectivity index (χ1) is 14.1. The third-order valence-corrected chi connectivity index (χ3v) is 6.07. The molecule has 0 saturated carbocycles. The van der Waals surface area contributed by atoms with Crippen molar-refractivity contribution in [3.8, 4) is 0 Å². The third-order valence-electron chi connectivity index (χ3n) is 5.82. The zero-order valence-corrected chi connectivity index (χ0v) is 17.4. The van der Waals surface area contributed by atoms with Gasteiger partial charge in [0, 0.05) is 33.9 Å². The van der Waals surface area contributed by atoms with Crippen LogP contribution in [-0.4, -0.2) is 11.9 Å². The molecule has 29 heavy (non-hydrogen) atoms. The Morgan fingerprint density at radius 1 is 0.966 bits per heavy atom. The largest absolute Gasteiger partial charge is 0.378 e. The van der Waals surface area contributed by atoms with Crippen LogP contribution in [0.4, 0.5) is 11.4 Å². The number of hydrogen-bond donors (Lipinski definition) is 1. The Morgan fingerprint density at radius 2 is 1.62 bits per heavy atom. The third kappa shape index (κ3) is 3.75. The van der Waals surface area contributed by atoms with Crippen LogP contribution in [0.25, 0.3) is 0 Å². The molecule has 1 heterocycles. The van der Waals surface area contributed by atoms with Gasteiger partial charge in [-0.2, -0.15) is 0 Å². The molecule has 148 valence electrons. The average Bonchev–Trinajstić information content (AvgIpc) is 2.76.